The van der Waals surface area contributed by atoms with Gasteiger partial charge in [0, 0.05) is 24.5 Å². The zero-order valence-corrected chi connectivity index (χ0v) is 12.7. The molecule has 0 amide bonds. The van der Waals surface area contributed by atoms with Gasteiger partial charge in [0.2, 0.25) is 0 Å². The molecule has 1 aromatic heterocycles. The van der Waals surface area contributed by atoms with Crippen LogP contribution in [0.15, 0.2) is 30.6 Å². The van der Waals surface area contributed by atoms with Crippen LogP contribution >= 0.6 is 0 Å². The van der Waals surface area contributed by atoms with Crippen molar-refractivity contribution in [3.05, 3.63) is 47.5 Å². The van der Waals surface area contributed by atoms with Crippen molar-refractivity contribution in [3.63, 3.8) is 0 Å². The standard InChI is InChI=1S/C18H20N4/c19-11-14-5-7-15(8-6-14)21-10-9-16(12-21)22-13-20-17-3-1-2-4-18(17)22/h5-8,13,16H,1-4,9-10,12H2/t16-/m0/s1. The number of rotatable bonds is 2. The number of benzene rings is 1. The first-order chi connectivity index (χ1) is 10.8. The van der Waals surface area contributed by atoms with Crippen LogP contribution in [0, 0.1) is 11.3 Å². The fraction of sp³-hybridized carbons (Fsp3) is 0.444. The Morgan fingerprint density at radius 3 is 2.77 bits per heavy atom. The van der Waals surface area contributed by atoms with Crippen LogP contribution in [-0.2, 0) is 12.8 Å². The largest absolute Gasteiger partial charge is 0.369 e. The fourth-order valence-electron chi connectivity index (χ4n) is 3.76. The van der Waals surface area contributed by atoms with Gasteiger partial charge < -0.3 is 9.47 Å². The first-order valence-corrected chi connectivity index (χ1v) is 8.15. The van der Waals surface area contributed by atoms with E-state index in [1.165, 1.54) is 42.8 Å². The highest BCUT2D eigenvalue weighted by Gasteiger charge is 2.27. The fourth-order valence-corrected chi connectivity index (χ4v) is 3.76. The van der Waals surface area contributed by atoms with Crippen LogP contribution in [0.1, 0.15) is 42.3 Å². The molecule has 0 N–H and O–H groups in total. The van der Waals surface area contributed by atoms with E-state index in [-0.39, 0.29) is 0 Å². The first kappa shape index (κ1) is 13.4. The lowest BCUT2D eigenvalue weighted by atomic mass is 10.0. The van der Waals surface area contributed by atoms with Gasteiger partial charge in [-0.25, -0.2) is 4.98 Å². The lowest BCUT2D eigenvalue weighted by Crippen LogP contribution is -2.21. The molecule has 2 aliphatic rings. The Labute approximate surface area is 131 Å². The van der Waals surface area contributed by atoms with Gasteiger partial charge in [-0.15, -0.1) is 0 Å². The monoisotopic (exact) mass is 292 g/mol. The van der Waals surface area contributed by atoms with Crippen molar-refractivity contribution in [2.24, 2.45) is 0 Å². The van der Waals surface area contributed by atoms with E-state index in [1.807, 2.05) is 12.1 Å². The molecule has 0 radical (unpaired) electrons. The average molecular weight is 292 g/mol. The summed E-state index contributed by atoms with van der Waals surface area (Å²) in [6, 6.07) is 10.6. The SMILES string of the molecule is N#Cc1ccc(N2CC[C@H](n3cnc4c3CCCC4)C2)cc1. The number of nitriles is 1. The van der Waals surface area contributed by atoms with Crippen molar-refractivity contribution < 1.29 is 0 Å². The maximum absolute atomic E-state index is 8.90. The van der Waals surface area contributed by atoms with Crippen molar-refractivity contribution in [2.75, 3.05) is 18.0 Å². The summed E-state index contributed by atoms with van der Waals surface area (Å²) in [4.78, 5) is 7.05. The minimum atomic E-state index is 0.532. The number of anilines is 1. The molecule has 2 aromatic rings. The molecule has 4 nitrogen and oxygen atoms in total. The van der Waals surface area contributed by atoms with Crippen LogP contribution in [0.5, 0.6) is 0 Å². The minimum Gasteiger partial charge on any atom is -0.369 e. The molecule has 0 spiro atoms. The van der Waals surface area contributed by atoms with E-state index in [0.717, 1.165) is 25.1 Å². The lowest BCUT2D eigenvalue weighted by Gasteiger charge is -2.21. The van der Waals surface area contributed by atoms with Gasteiger partial charge in [-0.3, -0.25) is 0 Å². The van der Waals surface area contributed by atoms with Crippen LogP contribution in [0.25, 0.3) is 0 Å². The van der Waals surface area contributed by atoms with E-state index in [9.17, 15) is 0 Å². The van der Waals surface area contributed by atoms with Crippen molar-refractivity contribution in [3.8, 4) is 6.07 Å². The second-order valence-electron chi connectivity index (χ2n) is 6.30. The minimum absolute atomic E-state index is 0.532. The van der Waals surface area contributed by atoms with Gasteiger partial charge in [-0.2, -0.15) is 5.26 Å². The van der Waals surface area contributed by atoms with Gasteiger partial charge in [0.15, 0.2) is 0 Å². The topological polar surface area (TPSA) is 44.9 Å². The summed E-state index contributed by atoms with van der Waals surface area (Å²) in [5.74, 6) is 0. The van der Waals surface area contributed by atoms with Crippen LogP contribution in [0.3, 0.4) is 0 Å². The van der Waals surface area contributed by atoms with Crippen LogP contribution < -0.4 is 4.90 Å². The predicted octanol–water partition coefficient (Wildman–Crippen LogP) is 3.08. The quantitative estimate of drug-likeness (QED) is 0.854. The van der Waals surface area contributed by atoms with Gasteiger partial charge in [-0.1, -0.05) is 0 Å². The van der Waals surface area contributed by atoms with Gasteiger partial charge in [0.05, 0.1) is 29.7 Å². The number of nitrogens with zero attached hydrogens (tertiary/aromatic N) is 4. The van der Waals surface area contributed by atoms with Gasteiger partial charge in [0.25, 0.3) is 0 Å². The molecule has 4 heteroatoms. The summed E-state index contributed by atoms with van der Waals surface area (Å²) in [7, 11) is 0. The Morgan fingerprint density at radius 2 is 1.95 bits per heavy atom. The van der Waals surface area contributed by atoms with Crippen LogP contribution in [-0.4, -0.2) is 22.6 Å². The summed E-state index contributed by atoms with van der Waals surface area (Å²) in [6.45, 7) is 2.11. The molecule has 4 rings (SSSR count). The molecule has 1 fully saturated rings. The molecular weight excluding hydrogens is 272 g/mol. The van der Waals surface area contributed by atoms with Crippen LogP contribution in [0.4, 0.5) is 5.69 Å². The number of hydrogen-bond acceptors (Lipinski definition) is 3. The molecule has 112 valence electrons. The molecule has 1 atom stereocenters. The zero-order chi connectivity index (χ0) is 14.9. The normalized spacial score (nSPS) is 20.7. The summed E-state index contributed by atoms with van der Waals surface area (Å²) in [5.41, 5.74) is 4.74. The molecule has 0 unspecified atom stereocenters. The van der Waals surface area contributed by atoms with E-state index >= 15 is 0 Å². The molecular formula is C18H20N4. The summed E-state index contributed by atoms with van der Waals surface area (Å²) < 4.78 is 2.43. The van der Waals surface area contributed by atoms with E-state index in [0.29, 0.717) is 6.04 Å². The summed E-state index contributed by atoms with van der Waals surface area (Å²) in [5, 5.41) is 8.90. The Morgan fingerprint density at radius 1 is 1.14 bits per heavy atom. The van der Waals surface area contributed by atoms with Gasteiger partial charge >= 0.3 is 0 Å². The van der Waals surface area contributed by atoms with E-state index < -0.39 is 0 Å². The van der Waals surface area contributed by atoms with Crippen molar-refractivity contribution in [1.82, 2.24) is 9.55 Å². The number of hydrogen-bond donors (Lipinski definition) is 0. The second kappa shape index (κ2) is 5.49. The maximum Gasteiger partial charge on any atom is 0.0991 e. The second-order valence-corrected chi connectivity index (χ2v) is 6.30. The number of imidazole rings is 1. The Bertz CT molecular complexity index is 708. The third-order valence-electron chi connectivity index (χ3n) is 4.98. The summed E-state index contributed by atoms with van der Waals surface area (Å²) >= 11 is 0. The molecule has 0 bridgehead atoms. The van der Waals surface area contributed by atoms with E-state index in [4.69, 9.17) is 5.26 Å². The molecule has 1 saturated heterocycles. The molecule has 2 heterocycles. The predicted molar refractivity (Wildman–Crippen MR) is 85.9 cm³/mol. The third-order valence-corrected chi connectivity index (χ3v) is 4.98. The van der Waals surface area contributed by atoms with Crippen molar-refractivity contribution >= 4 is 5.69 Å². The number of fused-ring (bicyclic) bond motifs is 1. The highest BCUT2D eigenvalue weighted by Crippen LogP contribution is 2.30. The molecule has 0 saturated carbocycles. The van der Waals surface area contributed by atoms with E-state index in [2.05, 4.69) is 39.0 Å². The Hall–Kier alpha value is -2.28. The molecule has 22 heavy (non-hydrogen) atoms. The number of aromatic nitrogens is 2. The maximum atomic E-state index is 8.90. The Balaban J connectivity index is 1.52. The zero-order valence-electron chi connectivity index (χ0n) is 12.7. The number of aryl methyl sites for hydroxylation is 1. The first-order valence-electron chi connectivity index (χ1n) is 8.15. The lowest BCUT2D eigenvalue weighted by molar-refractivity contribution is 0.515. The Kier molecular flexibility index (Phi) is 3.34. The van der Waals surface area contributed by atoms with Crippen molar-refractivity contribution in [2.45, 2.75) is 38.1 Å². The van der Waals surface area contributed by atoms with E-state index in [1.54, 1.807) is 0 Å². The highest BCUT2D eigenvalue weighted by atomic mass is 15.2. The molecule has 1 aromatic carbocycles. The molecule has 1 aliphatic heterocycles. The van der Waals surface area contributed by atoms with Crippen LogP contribution in [0.2, 0.25) is 0 Å². The molecule has 1 aliphatic carbocycles. The summed E-state index contributed by atoms with van der Waals surface area (Å²) in [6.07, 6.45) is 8.14. The third kappa shape index (κ3) is 2.27. The van der Waals surface area contributed by atoms with Gasteiger partial charge in [-0.05, 0) is 56.4 Å². The van der Waals surface area contributed by atoms with Crippen molar-refractivity contribution in [1.29, 1.82) is 5.26 Å². The highest BCUT2D eigenvalue weighted by molar-refractivity contribution is 5.50. The smallest absolute Gasteiger partial charge is 0.0991 e. The average Bonchev–Trinajstić information content (AvgIpc) is 3.21. The van der Waals surface area contributed by atoms with Gasteiger partial charge in [0.1, 0.15) is 0 Å².